The Morgan fingerprint density at radius 3 is 2.96 bits per heavy atom. The third-order valence-corrected chi connectivity index (χ3v) is 5.21. The molecule has 2 N–H and O–H groups in total. The summed E-state index contributed by atoms with van der Waals surface area (Å²) in [6.07, 6.45) is 1.05. The summed E-state index contributed by atoms with van der Waals surface area (Å²) in [5.41, 5.74) is 0.244. The highest BCUT2D eigenvalue weighted by Gasteiger charge is 2.40. The van der Waals surface area contributed by atoms with Gasteiger partial charge in [-0.1, -0.05) is 19.1 Å². The first-order chi connectivity index (χ1) is 12.4. The lowest BCUT2D eigenvalue weighted by molar-refractivity contribution is -0.0751. The number of carbonyl (C=O) groups is 1. The molecule has 1 saturated heterocycles. The number of likely N-dealkylation sites (tertiary alicyclic amines) is 1. The lowest BCUT2D eigenvalue weighted by Crippen LogP contribution is -2.52. The van der Waals surface area contributed by atoms with Crippen LogP contribution >= 0.6 is 0 Å². The zero-order chi connectivity index (χ0) is 18.7. The fraction of sp³-hybridized carbons (Fsp3) is 0.474. The fourth-order valence-electron chi connectivity index (χ4n) is 3.41. The van der Waals surface area contributed by atoms with Gasteiger partial charge < -0.3 is 14.7 Å². The van der Waals surface area contributed by atoms with Crippen LogP contribution < -0.4 is 0 Å². The molecule has 1 aliphatic heterocycles. The summed E-state index contributed by atoms with van der Waals surface area (Å²) in [5.74, 6) is -0.641. The lowest BCUT2D eigenvalue weighted by atomic mass is 9.80. The second-order valence-electron chi connectivity index (χ2n) is 6.90. The molecule has 0 unspecified atom stereocenters. The summed E-state index contributed by atoms with van der Waals surface area (Å²) < 4.78 is 19.0. The molecule has 6 nitrogen and oxygen atoms in total. The molecule has 0 saturated carbocycles. The molecular formula is C19H24FN3O3. The van der Waals surface area contributed by atoms with E-state index < -0.39 is 5.60 Å². The van der Waals surface area contributed by atoms with Crippen LogP contribution in [0.15, 0.2) is 30.3 Å². The monoisotopic (exact) mass is 361 g/mol. The van der Waals surface area contributed by atoms with Crippen LogP contribution in [0.5, 0.6) is 0 Å². The van der Waals surface area contributed by atoms with Crippen molar-refractivity contribution in [1.29, 1.82) is 0 Å². The maximum Gasteiger partial charge on any atom is 0.271 e. The molecule has 0 radical (unpaired) electrons. The Labute approximate surface area is 152 Å². The van der Waals surface area contributed by atoms with Gasteiger partial charge in [-0.3, -0.25) is 9.89 Å². The topological polar surface area (TPSA) is 78.5 Å². The lowest BCUT2D eigenvalue weighted by Gasteiger charge is -2.43. The van der Waals surface area contributed by atoms with Gasteiger partial charge in [0.1, 0.15) is 11.5 Å². The third kappa shape index (κ3) is 3.64. The number of H-pyrrole nitrogens is 1. The molecule has 3 rings (SSSR count). The molecule has 2 heterocycles. The number of halogens is 1. The highest BCUT2D eigenvalue weighted by molar-refractivity contribution is 5.93. The normalized spacial score (nSPS) is 23.2. The molecular weight excluding hydrogens is 337 g/mol. The maximum absolute atomic E-state index is 13.9. The van der Waals surface area contributed by atoms with Crippen molar-refractivity contribution in [2.75, 3.05) is 26.8 Å². The first kappa shape index (κ1) is 18.5. The average molecular weight is 361 g/mol. The smallest absolute Gasteiger partial charge is 0.271 e. The van der Waals surface area contributed by atoms with Gasteiger partial charge in [0.2, 0.25) is 0 Å². The van der Waals surface area contributed by atoms with Crippen molar-refractivity contribution in [2.45, 2.75) is 25.4 Å². The highest BCUT2D eigenvalue weighted by Crippen LogP contribution is 2.31. The van der Waals surface area contributed by atoms with Gasteiger partial charge in [-0.2, -0.15) is 5.10 Å². The van der Waals surface area contributed by atoms with Gasteiger partial charge in [0, 0.05) is 38.3 Å². The summed E-state index contributed by atoms with van der Waals surface area (Å²) in [6, 6.07) is 7.88. The number of amides is 1. The summed E-state index contributed by atoms with van der Waals surface area (Å²) in [4.78, 5) is 14.5. The number of aromatic nitrogens is 2. The first-order valence-corrected chi connectivity index (χ1v) is 8.75. The zero-order valence-electron chi connectivity index (χ0n) is 15.0. The fourth-order valence-corrected chi connectivity index (χ4v) is 3.41. The van der Waals surface area contributed by atoms with Crippen molar-refractivity contribution in [1.82, 2.24) is 15.1 Å². The molecule has 2 atom stereocenters. The van der Waals surface area contributed by atoms with Gasteiger partial charge in [-0.05, 0) is 31.0 Å². The minimum atomic E-state index is -0.820. The van der Waals surface area contributed by atoms with Crippen LogP contribution in [0.3, 0.4) is 0 Å². The number of piperidine rings is 1. The molecule has 140 valence electrons. The standard InChI is InChI=1S/C19H24FN3O3/c1-13-12-23(9-7-19(13,25)8-10-26-2)18(24)17-11-16(21-22-17)14-5-3-4-6-15(14)20/h3-6,11,13,25H,7-10,12H2,1-2H3,(H,21,22)/t13-,19-/m1/s1. The van der Waals surface area contributed by atoms with E-state index in [-0.39, 0.29) is 17.6 Å². The SMILES string of the molecule is COCC[C@]1(O)CCN(C(=O)c2cc(-c3ccccc3F)n[nH]2)C[C@H]1C. The summed E-state index contributed by atoms with van der Waals surface area (Å²) in [7, 11) is 1.61. The predicted octanol–water partition coefficient (Wildman–Crippen LogP) is 2.47. The molecule has 1 aliphatic rings. The van der Waals surface area contributed by atoms with Crippen LogP contribution in [-0.4, -0.2) is 58.5 Å². The van der Waals surface area contributed by atoms with E-state index in [2.05, 4.69) is 10.2 Å². The van der Waals surface area contributed by atoms with Crippen molar-refractivity contribution in [3.8, 4) is 11.3 Å². The number of nitrogens with zero attached hydrogens (tertiary/aromatic N) is 2. The number of rotatable bonds is 5. The van der Waals surface area contributed by atoms with Crippen LogP contribution in [0.2, 0.25) is 0 Å². The Morgan fingerprint density at radius 1 is 1.50 bits per heavy atom. The number of ether oxygens (including phenoxy) is 1. The number of methoxy groups -OCH3 is 1. The van der Waals surface area contributed by atoms with E-state index >= 15 is 0 Å². The molecule has 0 aliphatic carbocycles. The predicted molar refractivity (Wildman–Crippen MR) is 95.1 cm³/mol. The Hall–Kier alpha value is -2.25. The number of hydrogen-bond acceptors (Lipinski definition) is 4. The number of aromatic amines is 1. The van der Waals surface area contributed by atoms with Gasteiger partial charge in [0.25, 0.3) is 5.91 Å². The van der Waals surface area contributed by atoms with Gasteiger partial charge in [-0.15, -0.1) is 0 Å². The Morgan fingerprint density at radius 2 is 2.27 bits per heavy atom. The van der Waals surface area contributed by atoms with Crippen molar-refractivity contribution in [2.24, 2.45) is 5.92 Å². The maximum atomic E-state index is 13.9. The third-order valence-electron chi connectivity index (χ3n) is 5.21. The Kier molecular flexibility index (Phi) is 5.38. The van der Waals surface area contributed by atoms with Gasteiger partial charge in [-0.25, -0.2) is 4.39 Å². The summed E-state index contributed by atoms with van der Waals surface area (Å²) in [6.45, 7) is 3.33. The van der Waals surface area contributed by atoms with E-state index in [4.69, 9.17) is 4.74 Å². The minimum Gasteiger partial charge on any atom is -0.389 e. The van der Waals surface area contributed by atoms with Gasteiger partial charge in [0.15, 0.2) is 0 Å². The highest BCUT2D eigenvalue weighted by atomic mass is 19.1. The first-order valence-electron chi connectivity index (χ1n) is 8.75. The molecule has 1 aromatic heterocycles. The van der Waals surface area contributed by atoms with Crippen LogP contribution in [0.25, 0.3) is 11.3 Å². The van der Waals surface area contributed by atoms with E-state index in [1.807, 2.05) is 6.92 Å². The number of benzene rings is 1. The molecule has 1 amide bonds. The second-order valence-corrected chi connectivity index (χ2v) is 6.90. The summed E-state index contributed by atoms with van der Waals surface area (Å²) in [5, 5.41) is 17.5. The molecule has 2 aromatic rings. The minimum absolute atomic E-state index is 0.0655. The number of carbonyl (C=O) groups excluding carboxylic acids is 1. The van der Waals surface area contributed by atoms with E-state index in [1.54, 1.807) is 36.3 Å². The Bertz CT molecular complexity index is 779. The Balaban J connectivity index is 1.70. The van der Waals surface area contributed by atoms with Gasteiger partial charge in [0.05, 0.1) is 11.3 Å². The van der Waals surface area contributed by atoms with Crippen molar-refractivity contribution in [3.05, 3.63) is 41.8 Å². The van der Waals surface area contributed by atoms with Crippen molar-refractivity contribution < 1.29 is 19.0 Å². The van der Waals surface area contributed by atoms with Crippen molar-refractivity contribution >= 4 is 5.91 Å². The van der Waals surface area contributed by atoms with E-state index in [1.165, 1.54) is 6.07 Å². The molecule has 0 spiro atoms. The van der Waals surface area contributed by atoms with E-state index in [0.717, 1.165) is 0 Å². The van der Waals surface area contributed by atoms with Crippen LogP contribution in [0, 0.1) is 11.7 Å². The number of aliphatic hydroxyl groups is 1. The average Bonchev–Trinajstić information content (AvgIpc) is 3.12. The van der Waals surface area contributed by atoms with Crippen LogP contribution in [0.1, 0.15) is 30.3 Å². The molecule has 26 heavy (non-hydrogen) atoms. The molecule has 0 bridgehead atoms. The number of hydrogen-bond donors (Lipinski definition) is 2. The molecule has 1 fully saturated rings. The number of nitrogens with one attached hydrogen (secondary N) is 1. The zero-order valence-corrected chi connectivity index (χ0v) is 15.0. The van der Waals surface area contributed by atoms with Crippen molar-refractivity contribution in [3.63, 3.8) is 0 Å². The summed E-state index contributed by atoms with van der Waals surface area (Å²) >= 11 is 0. The van der Waals surface area contributed by atoms with Crippen LogP contribution in [-0.2, 0) is 4.74 Å². The van der Waals surface area contributed by atoms with E-state index in [9.17, 15) is 14.3 Å². The van der Waals surface area contributed by atoms with Gasteiger partial charge >= 0.3 is 0 Å². The largest absolute Gasteiger partial charge is 0.389 e. The molecule has 7 heteroatoms. The second kappa shape index (κ2) is 7.55. The van der Waals surface area contributed by atoms with Crippen LogP contribution in [0.4, 0.5) is 4.39 Å². The quantitative estimate of drug-likeness (QED) is 0.858. The van der Waals surface area contributed by atoms with E-state index in [0.29, 0.717) is 49.5 Å². The molecule has 1 aromatic carbocycles.